The molecule has 0 heterocycles. The van der Waals surface area contributed by atoms with Crippen LogP contribution in [0, 0.1) is 0 Å². The van der Waals surface area contributed by atoms with E-state index >= 15 is 0 Å². The highest BCUT2D eigenvalue weighted by Crippen LogP contribution is 2.03. The number of nitrogens with zero attached hydrogens (tertiary/aromatic N) is 1. The van der Waals surface area contributed by atoms with Crippen LogP contribution < -0.4 is 5.73 Å². The highest BCUT2D eigenvalue weighted by molar-refractivity contribution is 5.69. The molecule has 0 rings (SSSR count). The molecule has 0 amide bonds. The van der Waals surface area contributed by atoms with E-state index in [4.69, 9.17) is 10.8 Å². The number of rotatable bonds is 4. The lowest BCUT2D eigenvalue weighted by Crippen LogP contribution is -2.13. The molecule has 3 N–H and O–H groups in total. The van der Waals surface area contributed by atoms with Crippen LogP contribution in [0.3, 0.4) is 0 Å². The summed E-state index contributed by atoms with van der Waals surface area (Å²) in [7, 11) is 1.69. The Kier molecular flexibility index (Phi) is 3.80. The van der Waals surface area contributed by atoms with Gasteiger partial charge in [0, 0.05) is 25.1 Å². The molecule has 0 atom stereocenters. The maximum absolute atomic E-state index is 10.2. The molecule has 62 valence electrons. The first-order valence-corrected chi connectivity index (χ1v) is 3.08. The third-order valence-electron chi connectivity index (χ3n) is 1.16. The summed E-state index contributed by atoms with van der Waals surface area (Å²) in [6, 6.07) is 0. The Balaban J connectivity index is 3.93. The van der Waals surface area contributed by atoms with Crippen molar-refractivity contribution in [2.45, 2.75) is 6.42 Å². The average molecular weight is 156 g/mol. The summed E-state index contributed by atoms with van der Waals surface area (Å²) in [6.07, 6.45) is 2.80. The molecule has 4 heteroatoms. The third-order valence-corrected chi connectivity index (χ3v) is 1.16. The van der Waals surface area contributed by atoms with E-state index in [9.17, 15) is 4.79 Å². The molecule has 0 radical (unpaired) electrons. The second-order valence-electron chi connectivity index (χ2n) is 2.09. The highest BCUT2D eigenvalue weighted by Gasteiger charge is 2.03. The van der Waals surface area contributed by atoms with Gasteiger partial charge in [-0.2, -0.15) is 0 Å². The normalized spacial score (nSPS) is 9.91. The van der Waals surface area contributed by atoms with E-state index in [1.807, 2.05) is 0 Å². The van der Waals surface area contributed by atoms with Gasteiger partial charge in [0.25, 0.3) is 0 Å². The van der Waals surface area contributed by atoms with Crippen LogP contribution in [-0.2, 0) is 4.79 Å². The Hall–Kier alpha value is -1.45. The molecule has 0 saturated carbocycles. The average Bonchev–Trinajstić information content (AvgIpc) is 1.86. The quantitative estimate of drug-likeness (QED) is 0.615. The Labute approximate surface area is 65.6 Å². The second-order valence-corrected chi connectivity index (χ2v) is 2.09. The number of hydrogen-bond donors (Lipinski definition) is 2. The minimum absolute atomic E-state index is 0.0686. The molecule has 0 aromatic carbocycles. The van der Waals surface area contributed by atoms with Crippen LogP contribution >= 0.6 is 0 Å². The summed E-state index contributed by atoms with van der Waals surface area (Å²) < 4.78 is 0. The SMILES string of the molecule is C=C(CC(=O)O)N(C)/C=C\N. The van der Waals surface area contributed by atoms with Crippen molar-refractivity contribution in [2.24, 2.45) is 5.73 Å². The van der Waals surface area contributed by atoms with Gasteiger partial charge in [-0.3, -0.25) is 4.79 Å². The first kappa shape index (κ1) is 9.55. The van der Waals surface area contributed by atoms with Crippen molar-refractivity contribution in [3.8, 4) is 0 Å². The van der Waals surface area contributed by atoms with Crippen LogP contribution in [0.5, 0.6) is 0 Å². The van der Waals surface area contributed by atoms with E-state index in [2.05, 4.69) is 6.58 Å². The lowest BCUT2D eigenvalue weighted by Gasteiger charge is -2.14. The first-order chi connectivity index (χ1) is 5.07. The first-order valence-electron chi connectivity index (χ1n) is 3.08. The highest BCUT2D eigenvalue weighted by atomic mass is 16.4. The summed E-state index contributed by atoms with van der Waals surface area (Å²) in [5.41, 5.74) is 5.59. The summed E-state index contributed by atoms with van der Waals surface area (Å²) in [5, 5.41) is 8.36. The summed E-state index contributed by atoms with van der Waals surface area (Å²) >= 11 is 0. The van der Waals surface area contributed by atoms with Crippen LogP contribution in [0.15, 0.2) is 24.7 Å². The van der Waals surface area contributed by atoms with Crippen LogP contribution in [-0.4, -0.2) is 23.0 Å². The fraction of sp³-hybridized carbons (Fsp3) is 0.286. The van der Waals surface area contributed by atoms with Crippen LogP contribution in [0.2, 0.25) is 0 Å². The summed E-state index contributed by atoms with van der Waals surface area (Å²) in [6.45, 7) is 3.55. The third kappa shape index (κ3) is 4.02. The maximum Gasteiger partial charge on any atom is 0.309 e. The fourth-order valence-electron chi connectivity index (χ4n) is 0.534. The Morgan fingerprint density at radius 3 is 2.73 bits per heavy atom. The number of hydrogen-bond acceptors (Lipinski definition) is 3. The van der Waals surface area contributed by atoms with Gasteiger partial charge in [0.1, 0.15) is 0 Å². The van der Waals surface area contributed by atoms with E-state index in [-0.39, 0.29) is 6.42 Å². The molecule has 0 aliphatic carbocycles. The van der Waals surface area contributed by atoms with Crippen molar-refractivity contribution in [1.82, 2.24) is 4.90 Å². The van der Waals surface area contributed by atoms with Crippen LogP contribution in [0.1, 0.15) is 6.42 Å². The molecule has 4 nitrogen and oxygen atoms in total. The smallest absolute Gasteiger partial charge is 0.309 e. The van der Waals surface area contributed by atoms with E-state index in [1.165, 1.54) is 6.20 Å². The van der Waals surface area contributed by atoms with Gasteiger partial charge in [-0.05, 0) is 0 Å². The molecule has 0 fully saturated rings. The molecule has 0 aromatic heterocycles. The Morgan fingerprint density at radius 2 is 2.36 bits per heavy atom. The number of aliphatic carboxylic acids is 1. The molecule has 0 aliphatic rings. The fourth-order valence-corrected chi connectivity index (χ4v) is 0.534. The summed E-state index contributed by atoms with van der Waals surface area (Å²) in [5.74, 6) is -0.896. The molecule has 0 bridgehead atoms. The van der Waals surface area contributed by atoms with Gasteiger partial charge >= 0.3 is 5.97 Å². The monoisotopic (exact) mass is 156 g/mol. The Morgan fingerprint density at radius 1 is 1.82 bits per heavy atom. The molecule has 11 heavy (non-hydrogen) atoms. The van der Waals surface area contributed by atoms with Crippen molar-refractivity contribution in [2.75, 3.05) is 7.05 Å². The molecule has 0 saturated heterocycles. The largest absolute Gasteiger partial charge is 0.481 e. The standard InChI is InChI=1S/C7H12N2O2/c1-6(5-7(10)11)9(2)4-3-8/h3-4H,1,5,8H2,2H3,(H,10,11)/b4-3-. The van der Waals surface area contributed by atoms with Gasteiger partial charge in [0.2, 0.25) is 0 Å². The molecular weight excluding hydrogens is 144 g/mol. The van der Waals surface area contributed by atoms with E-state index < -0.39 is 5.97 Å². The van der Waals surface area contributed by atoms with Gasteiger partial charge in [-0.1, -0.05) is 6.58 Å². The number of carbonyl (C=O) groups is 1. The van der Waals surface area contributed by atoms with E-state index in [0.29, 0.717) is 5.70 Å². The zero-order valence-corrected chi connectivity index (χ0v) is 6.45. The van der Waals surface area contributed by atoms with Gasteiger partial charge in [-0.25, -0.2) is 0 Å². The summed E-state index contributed by atoms with van der Waals surface area (Å²) in [4.78, 5) is 11.7. The zero-order chi connectivity index (χ0) is 8.85. The number of carboxylic acids is 1. The second kappa shape index (κ2) is 4.38. The molecule has 0 unspecified atom stereocenters. The van der Waals surface area contributed by atoms with Crippen molar-refractivity contribution >= 4 is 5.97 Å². The topological polar surface area (TPSA) is 66.6 Å². The Bertz CT molecular complexity index is 187. The van der Waals surface area contributed by atoms with Gasteiger partial charge < -0.3 is 15.7 Å². The minimum atomic E-state index is -0.896. The van der Waals surface area contributed by atoms with Crippen molar-refractivity contribution in [3.05, 3.63) is 24.7 Å². The minimum Gasteiger partial charge on any atom is -0.481 e. The van der Waals surface area contributed by atoms with Gasteiger partial charge in [-0.15, -0.1) is 0 Å². The molecule has 0 spiro atoms. The zero-order valence-electron chi connectivity index (χ0n) is 6.45. The van der Waals surface area contributed by atoms with Crippen molar-refractivity contribution in [1.29, 1.82) is 0 Å². The van der Waals surface area contributed by atoms with Gasteiger partial charge in [0.15, 0.2) is 0 Å². The lowest BCUT2D eigenvalue weighted by atomic mass is 10.3. The van der Waals surface area contributed by atoms with Gasteiger partial charge in [0.05, 0.1) is 6.42 Å². The number of carboxylic acid groups (broad SMARTS) is 1. The maximum atomic E-state index is 10.2. The van der Waals surface area contributed by atoms with Crippen LogP contribution in [0.25, 0.3) is 0 Å². The number of nitrogens with two attached hydrogens (primary N) is 1. The van der Waals surface area contributed by atoms with Crippen LogP contribution in [0.4, 0.5) is 0 Å². The lowest BCUT2D eigenvalue weighted by molar-refractivity contribution is -0.136. The molecule has 0 aliphatic heterocycles. The predicted molar refractivity (Wildman–Crippen MR) is 42.5 cm³/mol. The van der Waals surface area contributed by atoms with E-state index in [0.717, 1.165) is 0 Å². The predicted octanol–water partition coefficient (Wildman–Crippen LogP) is 0.337. The molecular formula is C7H12N2O2. The molecule has 0 aromatic rings. The van der Waals surface area contributed by atoms with E-state index in [1.54, 1.807) is 18.1 Å². The van der Waals surface area contributed by atoms with Crippen molar-refractivity contribution < 1.29 is 9.90 Å². The van der Waals surface area contributed by atoms with Crippen molar-refractivity contribution in [3.63, 3.8) is 0 Å².